The predicted molar refractivity (Wildman–Crippen MR) is 153 cm³/mol. The Kier molecular flexibility index (Phi) is 9.18. The van der Waals surface area contributed by atoms with Crippen molar-refractivity contribution < 1.29 is 22.7 Å². The van der Waals surface area contributed by atoms with E-state index in [1.165, 1.54) is 24.9 Å². The molecule has 2 unspecified atom stereocenters. The Labute approximate surface area is 239 Å². The molecule has 9 nitrogen and oxygen atoms in total. The first kappa shape index (κ1) is 29.4. The monoisotopic (exact) mass is 575 g/mol. The Morgan fingerprint density at radius 1 is 1.15 bits per heavy atom. The quantitative estimate of drug-likeness (QED) is 0.422. The van der Waals surface area contributed by atoms with Crippen LogP contribution in [0.15, 0.2) is 24.4 Å². The summed E-state index contributed by atoms with van der Waals surface area (Å²) in [4.78, 5) is 27.0. The van der Waals surface area contributed by atoms with Crippen LogP contribution in [0.1, 0.15) is 50.2 Å². The van der Waals surface area contributed by atoms with Crippen LogP contribution < -0.4 is 15.5 Å². The lowest BCUT2D eigenvalue weighted by molar-refractivity contribution is -0.137. The normalized spacial score (nSPS) is 22.0. The number of nitrogens with zero attached hydrogens (tertiary/aromatic N) is 5. The minimum Gasteiger partial charge on any atom is -0.379 e. The van der Waals surface area contributed by atoms with E-state index in [9.17, 15) is 18.0 Å². The number of carbonyl (C=O) groups excluding carboxylic acids is 1. The average molecular weight is 576 g/mol. The number of rotatable bonds is 9. The number of piperazine rings is 1. The van der Waals surface area contributed by atoms with E-state index in [2.05, 4.69) is 56.5 Å². The van der Waals surface area contributed by atoms with E-state index >= 15 is 0 Å². The fraction of sp³-hybridized carbons (Fsp3) is 0.621. The van der Waals surface area contributed by atoms with E-state index in [-0.39, 0.29) is 24.2 Å². The number of piperidine rings is 1. The number of aromatic nitrogens is 2. The first-order valence-electron chi connectivity index (χ1n) is 14.6. The summed E-state index contributed by atoms with van der Waals surface area (Å²) in [6.45, 7) is 6.08. The molecular weight excluding hydrogens is 535 g/mol. The number of carbonyl (C=O) groups is 1. The number of likely N-dealkylation sites (N-methyl/N-ethyl adjacent to an activating group) is 1. The zero-order chi connectivity index (χ0) is 29.0. The van der Waals surface area contributed by atoms with E-state index in [4.69, 9.17) is 4.74 Å². The average Bonchev–Trinajstić information content (AvgIpc) is 3.14. The molecule has 2 bridgehead atoms. The summed E-state index contributed by atoms with van der Waals surface area (Å²) < 4.78 is 46.5. The van der Waals surface area contributed by atoms with Gasteiger partial charge in [0.2, 0.25) is 11.9 Å². The molecule has 1 aromatic heterocycles. The second-order valence-corrected chi connectivity index (χ2v) is 11.1. The van der Waals surface area contributed by atoms with Gasteiger partial charge in [0.1, 0.15) is 11.4 Å². The molecule has 1 amide bonds. The topological polar surface area (TPSA) is 85.9 Å². The molecule has 224 valence electrons. The van der Waals surface area contributed by atoms with Gasteiger partial charge in [0.15, 0.2) is 0 Å². The van der Waals surface area contributed by atoms with Gasteiger partial charge < -0.3 is 25.2 Å². The largest absolute Gasteiger partial charge is 0.421 e. The summed E-state index contributed by atoms with van der Waals surface area (Å²) in [7, 11) is 2.23. The lowest BCUT2D eigenvalue weighted by Gasteiger charge is -2.49. The molecule has 2 atom stereocenters. The maximum absolute atomic E-state index is 13.7. The zero-order valence-electron chi connectivity index (χ0n) is 23.8. The molecule has 1 aromatic carbocycles. The maximum Gasteiger partial charge on any atom is 0.421 e. The summed E-state index contributed by atoms with van der Waals surface area (Å²) in [5.41, 5.74) is 2.07. The number of nitrogens with one attached hydrogen (secondary N) is 2. The van der Waals surface area contributed by atoms with Crippen molar-refractivity contribution in [1.82, 2.24) is 19.8 Å². The van der Waals surface area contributed by atoms with Crippen molar-refractivity contribution >= 4 is 29.0 Å². The first-order valence-corrected chi connectivity index (χ1v) is 14.6. The SMILES string of the molecule is CCc1cc(N2CC3CCCC(C2)N3C)ccc1Nc1ncc(C(F)(F)F)c(NCCCN2CCOCCC2=O)n1. The summed E-state index contributed by atoms with van der Waals surface area (Å²) in [6, 6.07) is 7.34. The third-order valence-electron chi connectivity index (χ3n) is 8.48. The Hall–Kier alpha value is -3.12. The van der Waals surface area contributed by atoms with Crippen LogP contribution in [0, 0.1) is 0 Å². The molecule has 3 fully saturated rings. The van der Waals surface area contributed by atoms with Gasteiger partial charge in [0.25, 0.3) is 0 Å². The summed E-state index contributed by atoms with van der Waals surface area (Å²) in [5, 5.41) is 5.98. The minimum atomic E-state index is -4.60. The molecule has 5 rings (SSSR count). The number of amides is 1. The highest BCUT2D eigenvalue weighted by Gasteiger charge is 2.36. The highest BCUT2D eigenvalue weighted by atomic mass is 19.4. The highest BCUT2D eigenvalue weighted by Crippen LogP contribution is 2.35. The Morgan fingerprint density at radius 2 is 1.93 bits per heavy atom. The van der Waals surface area contributed by atoms with Gasteiger partial charge in [-0.3, -0.25) is 9.69 Å². The van der Waals surface area contributed by atoms with E-state index in [1.807, 2.05) is 6.07 Å². The number of hydrogen-bond acceptors (Lipinski definition) is 8. The van der Waals surface area contributed by atoms with Crippen LogP contribution in [0.2, 0.25) is 0 Å². The second-order valence-electron chi connectivity index (χ2n) is 11.1. The fourth-order valence-corrected chi connectivity index (χ4v) is 6.06. The standard InChI is InChI=1S/C29H40F3N7O2/c1-3-20-16-21(39-18-22-6-4-7-23(19-39)37(22)2)8-9-25(20)35-28-34-17-24(29(30,31)32)27(36-28)33-11-5-12-38-13-15-41-14-10-26(38)40/h8-9,16-17,22-23H,3-7,10-15,18-19H2,1-2H3,(H2,33,34,35,36). The molecule has 2 N–H and O–H groups in total. The molecule has 4 heterocycles. The molecule has 0 radical (unpaired) electrons. The smallest absolute Gasteiger partial charge is 0.379 e. The van der Waals surface area contributed by atoms with Crippen LogP contribution >= 0.6 is 0 Å². The number of benzene rings is 1. The summed E-state index contributed by atoms with van der Waals surface area (Å²) >= 11 is 0. The lowest BCUT2D eigenvalue weighted by Crippen LogP contribution is -2.59. The van der Waals surface area contributed by atoms with Crippen LogP contribution in [0.3, 0.4) is 0 Å². The predicted octanol–water partition coefficient (Wildman–Crippen LogP) is 4.53. The van der Waals surface area contributed by atoms with Crippen molar-refractivity contribution in [3.05, 3.63) is 35.5 Å². The van der Waals surface area contributed by atoms with Crippen LogP contribution in [0.25, 0.3) is 0 Å². The fourth-order valence-electron chi connectivity index (χ4n) is 6.06. The lowest BCUT2D eigenvalue weighted by atomic mass is 9.91. The number of fused-ring (bicyclic) bond motifs is 2. The van der Waals surface area contributed by atoms with Gasteiger partial charge in [-0.15, -0.1) is 0 Å². The van der Waals surface area contributed by atoms with Crippen molar-refractivity contribution in [3.63, 3.8) is 0 Å². The van der Waals surface area contributed by atoms with Crippen LogP contribution in [0.5, 0.6) is 0 Å². The molecular formula is C29H40F3N7O2. The highest BCUT2D eigenvalue weighted by molar-refractivity contribution is 5.76. The molecule has 3 aliphatic heterocycles. The van der Waals surface area contributed by atoms with Gasteiger partial charge in [0, 0.05) is 62.4 Å². The Morgan fingerprint density at radius 3 is 2.66 bits per heavy atom. The van der Waals surface area contributed by atoms with Crippen LogP contribution in [-0.4, -0.2) is 90.7 Å². The van der Waals surface area contributed by atoms with Gasteiger partial charge >= 0.3 is 6.18 Å². The molecule has 41 heavy (non-hydrogen) atoms. The van der Waals surface area contributed by atoms with Gasteiger partial charge in [-0.2, -0.15) is 18.2 Å². The van der Waals surface area contributed by atoms with Gasteiger partial charge in [-0.25, -0.2) is 4.98 Å². The molecule has 3 saturated heterocycles. The summed E-state index contributed by atoms with van der Waals surface area (Å²) in [6.07, 6.45) is 1.49. The maximum atomic E-state index is 13.7. The Balaban J connectivity index is 1.27. The summed E-state index contributed by atoms with van der Waals surface area (Å²) in [5.74, 6) is -0.184. The number of hydrogen-bond donors (Lipinski definition) is 2. The van der Waals surface area contributed by atoms with Crippen molar-refractivity contribution in [2.45, 2.75) is 63.7 Å². The molecule has 0 saturated carbocycles. The van der Waals surface area contributed by atoms with Crippen LogP contribution in [-0.2, 0) is 22.1 Å². The van der Waals surface area contributed by atoms with E-state index in [1.54, 1.807) is 4.90 Å². The van der Waals surface area contributed by atoms with Gasteiger partial charge in [-0.1, -0.05) is 13.3 Å². The number of aryl methyl sites for hydroxylation is 1. The third-order valence-corrected chi connectivity index (χ3v) is 8.48. The molecule has 3 aliphatic rings. The molecule has 0 spiro atoms. The van der Waals surface area contributed by atoms with E-state index in [0.717, 1.165) is 37.0 Å². The van der Waals surface area contributed by atoms with Gasteiger partial charge in [0.05, 0.1) is 19.6 Å². The second kappa shape index (κ2) is 12.8. The number of ether oxygens (including phenoxy) is 1. The first-order chi connectivity index (χ1) is 19.7. The number of halogens is 3. The van der Waals surface area contributed by atoms with Crippen LogP contribution in [0.4, 0.5) is 36.3 Å². The van der Waals surface area contributed by atoms with E-state index in [0.29, 0.717) is 51.2 Å². The number of anilines is 4. The van der Waals surface area contributed by atoms with Crippen molar-refractivity contribution in [2.75, 3.05) is 68.5 Å². The molecule has 2 aromatic rings. The van der Waals surface area contributed by atoms with Crippen molar-refractivity contribution in [2.24, 2.45) is 0 Å². The number of alkyl halides is 3. The van der Waals surface area contributed by atoms with Crippen molar-refractivity contribution in [3.8, 4) is 0 Å². The van der Waals surface area contributed by atoms with Crippen molar-refractivity contribution in [1.29, 1.82) is 0 Å². The third kappa shape index (κ3) is 7.03. The Bertz CT molecular complexity index is 1200. The molecule has 0 aliphatic carbocycles. The van der Waals surface area contributed by atoms with E-state index < -0.39 is 11.7 Å². The minimum absolute atomic E-state index is 0.000211. The molecule has 12 heteroatoms. The zero-order valence-corrected chi connectivity index (χ0v) is 23.8. The van der Waals surface area contributed by atoms with Gasteiger partial charge in [-0.05, 0) is 56.5 Å².